The van der Waals surface area contributed by atoms with Gasteiger partial charge in [0.1, 0.15) is 5.69 Å². The van der Waals surface area contributed by atoms with E-state index in [9.17, 15) is 18.5 Å². The van der Waals surface area contributed by atoms with E-state index >= 15 is 0 Å². The number of nitro benzene ring substituents is 1. The van der Waals surface area contributed by atoms with Crippen LogP contribution in [0.15, 0.2) is 21.9 Å². The highest BCUT2D eigenvalue weighted by atomic mass is 32.2. The van der Waals surface area contributed by atoms with E-state index in [0.717, 1.165) is 6.07 Å². The Bertz CT molecular complexity index is 631. The highest BCUT2D eigenvalue weighted by Crippen LogP contribution is 2.41. The first kappa shape index (κ1) is 14.1. The summed E-state index contributed by atoms with van der Waals surface area (Å²) in [4.78, 5) is 10.5. The standard InChI is InChI=1S/C9H11N3O5S2/c10-19(16,17)6-1-7(12(14)15)9-8(2-6)18-4-5(3-13)11-9/h1-2,5,11,13H,3-4H2,(H2,10,16,17)/t5-/m1/s1. The number of primary sulfonamides is 1. The van der Waals surface area contributed by atoms with Crippen LogP contribution < -0.4 is 10.5 Å². The second-order valence-corrected chi connectivity index (χ2v) is 6.58. The van der Waals surface area contributed by atoms with E-state index in [1.807, 2.05) is 0 Å². The summed E-state index contributed by atoms with van der Waals surface area (Å²) in [7, 11) is -4.01. The van der Waals surface area contributed by atoms with Crippen LogP contribution in [0.3, 0.4) is 0 Å². The van der Waals surface area contributed by atoms with Crippen molar-refractivity contribution in [2.24, 2.45) is 5.14 Å². The highest BCUT2D eigenvalue weighted by Gasteiger charge is 2.28. The second-order valence-electron chi connectivity index (χ2n) is 3.95. The highest BCUT2D eigenvalue weighted by molar-refractivity contribution is 7.99. The maximum atomic E-state index is 11.3. The number of nitrogens with zero attached hydrogens (tertiary/aromatic N) is 1. The van der Waals surface area contributed by atoms with Crippen molar-refractivity contribution in [3.8, 4) is 0 Å². The van der Waals surface area contributed by atoms with Crippen molar-refractivity contribution in [2.45, 2.75) is 15.8 Å². The smallest absolute Gasteiger partial charge is 0.294 e. The zero-order valence-electron chi connectivity index (χ0n) is 9.57. The molecule has 0 aliphatic carbocycles. The molecule has 0 aromatic heterocycles. The van der Waals surface area contributed by atoms with Crippen molar-refractivity contribution in [1.29, 1.82) is 0 Å². The molecule has 0 saturated heterocycles. The third-order valence-corrected chi connectivity index (χ3v) is 4.68. The van der Waals surface area contributed by atoms with E-state index in [1.165, 1.54) is 17.8 Å². The zero-order valence-corrected chi connectivity index (χ0v) is 11.2. The number of thioether (sulfide) groups is 1. The Morgan fingerprint density at radius 3 is 2.79 bits per heavy atom. The number of fused-ring (bicyclic) bond motifs is 1. The fourth-order valence-corrected chi connectivity index (χ4v) is 3.40. The van der Waals surface area contributed by atoms with Crippen LogP contribution in [0.4, 0.5) is 11.4 Å². The molecule has 19 heavy (non-hydrogen) atoms. The molecule has 1 heterocycles. The minimum atomic E-state index is -4.01. The number of nitro groups is 1. The molecule has 0 spiro atoms. The molecule has 0 unspecified atom stereocenters. The summed E-state index contributed by atoms with van der Waals surface area (Å²) >= 11 is 1.24. The lowest BCUT2D eigenvalue weighted by molar-refractivity contribution is -0.384. The van der Waals surface area contributed by atoms with Gasteiger partial charge in [0.05, 0.1) is 22.5 Å². The van der Waals surface area contributed by atoms with Gasteiger partial charge < -0.3 is 10.4 Å². The van der Waals surface area contributed by atoms with Gasteiger partial charge in [0, 0.05) is 16.7 Å². The third kappa shape index (κ3) is 2.81. The largest absolute Gasteiger partial charge is 0.394 e. The van der Waals surface area contributed by atoms with Crippen LogP contribution in [0, 0.1) is 10.1 Å². The number of nitrogens with one attached hydrogen (secondary N) is 1. The predicted octanol–water partition coefficient (Wildman–Crippen LogP) is 0.121. The van der Waals surface area contributed by atoms with Crippen LogP contribution >= 0.6 is 11.8 Å². The number of aliphatic hydroxyl groups is 1. The van der Waals surface area contributed by atoms with Gasteiger partial charge in [-0.3, -0.25) is 10.1 Å². The Morgan fingerprint density at radius 1 is 1.58 bits per heavy atom. The topological polar surface area (TPSA) is 136 Å². The Kier molecular flexibility index (Phi) is 3.67. The van der Waals surface area contributed by atoms with Crippen molar-refractivity contribution >= 4 is 33.2 Å². The molecule has 8 nitrogen and oxygen atoms in total. The summed E-state index contributed by atoms with van der Waals surface area (Å²) in [6, 6.07) is 1.90. The van der Waals surface area contributed by atoms with Gasteiger partial charge in [-0.1, -0.05) is 0 Å². The number of sulfonamides is 1. The molecule has 1 aliphatic rings. The van der Waals surface area contributed by atoms with Crippen molar-refractivity contribution in [3.05, 3.63) is 22.2 Å². The SMILES string of the molecule is NS(=O)(=O)c1cc2c(c([N+](=O)[O-])c1)N[C@H](CO)CS2. The van der Waals surface area contributed by atoms with E-state index in [4.69, 9.17) is 10.2 Å². The minimum Gasteiger partial charge on any atom is -0.394 e. The molecule has 1 atom stereocenters. The maximum absolute atomic E-state index is 11.3. The first-order chi connectivity index (χ1) is 8.82. The summed E-state index contributed by atoms with van der Waals surface area (Å²) in [6.07, 6.45) is 0. The lowest BCUT2D eigenvalue weighted by Gasteiger charge is -2.24. The number of benzene rings is 1. The van der Waals surface area contributed by atoms with Crippen molar-refractivity contribution in [2.75, 3.05) is 17.7 Å². The first-order valence-corrected chi connectivity index (χ1v) is 7.71. The lowest BCUT2D eigenvalue weighted by atomic mass is 10.2. The van der Waals surface area contributed by atoms with E-state index in [1.54, 1.807) is 0 Å². The Labute approximate surface area is 113 Å². The van der Waals surface area contributed by atoms with Crippen LogP contribution in [0.2, 0.25) is 0 Å². The molecule has 0 saturated carbocycles. The average Bonchev–Trinajstić information content (AvgIpc) is 2.35. The van der Waals surface area contributed by atoms with Gasteiger partial charge in [-0.15, -0.1) is 11.8 Å². The molecular weight excluding hydrogens is 294 g/mol. The predicted molar refractivity (Wildman–Crippen MR) is 69.7 cm³/mol. The molecule has 1 aromatic rings. The fraction of sp³-hybridized carbons (Fsp3) is 0.333. The summed E-state index contributed by atoms with van der Waals surface area (Å²) in [5.41, 5.74) is -0.153. The first-order valence-electron chi connectivity index (χ1n) is 5.18. The monoisotopic (exact) mass is 305 g/mol. The second kappa shape index (κ2) is 4.96. The quantitative estimate of drug-likeness (QED) is 0.533. The van der Waals surface area contributed by atoms with Gasteiger partial charge in [-0.2, -0.15) is 0 Å². The van der Waals surface area contributed by atoms with Gasteiger partial charge in [0.25, 0.3) is 5.69 Å². The van der Waals surface area contributed by atoms with Crippen molar-refractivity contribution in [1.82, 2.24) is 0 Å². The Hall–Kier alpha value is -1.36. The number of anilines is 1. The van der Waals surface area contributed by atoms with Crippen LogP contribution in [0.1, 0.15) is 0 Å². The summed E-state index contributed by atoms with van der Waals surface area (Å²) < 4.78 is 22.6. The van der Waals surface area contributed by atoms with Crippen LogP contribution in [-0.4, -0.2) is 36.8 Å². The number of nitrogens with two attached hydrogens (primary N) is 1. The molecular formula is C9H11N3O5S2. The normalized spacial score (nSPS) is 18.5. The molecule has 1 aliphatic heterocycles. The van der Waals surface area contributed by atoms with E-state index in [-0.39, 0.29) is 28.9 Å². The van der Waals surface area contributed by atoms with Gasteiger partial charge in [0.15, 0.2) is 0 Å². The van der Waals surface area contributed by atoms with Gasteiger partial charge in [0.2, 0.25) is 10.0 Å². The summed E-state index contributed by atoms with van der Waals surface area (Å²) in [5.74, 6) is 0.481. The number of hydrogen-bond donors (Lipinski definition) is 3. The Balaban J connectivity index is 2.60. The molecule has 0 bridgehead atoms. The zero-order chi connectivity index (χ0) is 14.2. The molecule has 4 N–H and O–H groups in total. The minimum absolute atomic E-state index is 0.166. The van der Waals surface area contributed by atoms with Crippen LogP contribution in [-0.2, 0) is 10.0 Å². The summed E-state index contributed by atoms with van der Waals surface area (Å²) in [6.45, 7) is -0.166. The Morgan fingerprint density at radius 2 is 2.26 bits per heavy atom. The van der Waals surface area contributed by atoms with E-state index in [2.05, 4.69) is 5.32 Å². The summed E-state index contributed by atoms with van der Waals surface area (Å²) in [5, 5.41) is 27.9. The number of hydrogen-bond acceptors (Lipinski definition) is 7. The van der Waals surface area contributed by atoms with Crippen LogP contribution in [0.25, 0.3) is 0 Å². The van der Waals surface area contributed by atoms with Gasteiger partial charge in [-0.25, -0.2) is 13.6 Å². The molecule has 104 valence electrons. The van der Waals surface area contributed by atoms with Crippen molar-refractivity contribution in [3.63, 3.8) is 0 Å². The van der Waals surface area contributed by atoms with Gasteiger partial charge >= 0.3 is 0 Å². The average molecular weight is 305 g/mol. The molecule has 10 heteroatoms. The maximum Gasteiger partial charge on any atom is 0.294 e. The number of aliphatic hydroxyl groups excluding tert-OH is 1. The van der Waals surface area contributed by atoms with Crippen molar-refractivity contribution < 1.29 is 18.4 Å². The fourth-order valence-electron chi connectivity index (χ4n) is 1.68. The molecule has 1 aromatic carbocycles. The molecule has 2 rings (SSSR count). The number of rotatable bonds is 3. The van der Waals surface area contributed by atoms with E-state index < -0.39 is 14.9 Å². The lowest BCUT2D eigenvalue weighted by Crippen LogP contribution is -2.30. The van der Waals surface area contributed by atoms with Crippen LogP contribution in [0.5, 0.6) is 0 Å². The van der Waals surface area contributed by atoms with E-state index in [0.29, 0.717) is 10.6 Å². The van der Waals surface area contributed by atoms with Gasteiger partial charge in [-0.05, 0) is 6.07 Å². The molecule has 0 radical (unpaired) electrons. The third-order valence-electron chi connectivity index (χ3n) is 2.59. The molecule has 0 amide bonds. The molecule has 0 fully saturated rings.